The van der Waals surface area contributed by atoms with Crippen molar-refractivity contribution in [3.8, 4) is 44.5 Å². The van der Waals surface area contributed by atoms with Crippen LogP contribution in [0.25, 0.3) is 66.4 Å². The largest absolute Gasteiger partial charge is 0.456 e. The zero-order valence-electron chi connectivity index (χ0n) is 23.9. The van der Waals surface area contributed by atoms with Crippen molar-refractivity contribution in [3.63, 3.8) is 0 Å². The molecule has 2 aliphatic rings. The highest BCUT2D eigenvalue weighted by molar-refractivity contribution is 6.06. The number of furan rings is 1. The molecule has 2 aliphatic carbocycles. The van der Waals surface area contributed by atoms with E-state index in [0.29, 0.717) is 0 Å². The number of fused-ring (bicyclic) bond motifs is 13. The van der Waals surface area contributed by atoms with Crippen LogP contribution < -0.4 is 0 Å². The Labute approximate surface area is 255 Å². The molecule has 1 aromatic heterocycles. The SMILES string of the molecule is c1ccc(-c2ccc3c(c2)C2(c4ccccc4-c4ccccc42)c2cc(-c4ccc5oc6ccccc6c5c4)ccc2-3)cc1. The second-order valence-electron chi connectivity index (χ2n) is 12.0. The third-order valence-electron chi connectivity index (χ3n) is 9.91. The van der Waals surface area contributed by atoms with Crippen LogP contribution >= 0.6 is 0 Å². The van der Waals surface area contributed by atoms with Crippen LogP contribution in [0.5, 0.6) is 0 Å². The van der Waals surface area contributed by atoms with Crippen molar-refractivity contribution < 1.29 is 4.42 Å². The summed E-state index contributed by atoms with van der Waals surface area (Å²) in [4.78, 5) is 0. The summed E-state index contributed by atoms with van der Waals surface area (Å²) in [5, 5.41) is 2.31. The molecule has 0 saturated carbocycles. The number of hydrogen-bond donors (Lipinski definition) is 0. The normalized spacial score (nSPS) is 13.6. The average molecular weight is 559 g/mol. The van der Waals surface area contributed by atoms with Gasteiger partial charge in [0.25, 0.3) is 0 Å². The maximum absolute atomic E-state index is 6.16. The van der Waals surface area contributed by atoms with Crippen LogP contribution in [-0.4, -0.2) is 0 Å². The number of benzene rings is 7. The predicted molar refractivity (Wildman–Crippen MR) is 181 cm³/mol. The van der Waals surface area contributed by atoms with E-state index in [1.54, 1.807) is 0 Å². The number of hydrogen-bond acceptors (Lipinski definition) is 1. The predicted octanol–water partition coefficient (Wildman–Crippen LogP) is 11.3. The first-order chi connectivity index (χ1) is 21.8. The van der Waals surface area contributed by atoms with Crippen LogP contribution in [0.1, 0.15) is 22.3 Å². The lowest BCUT2D eigenvalue weighted by molar-refractivity contribution is 0.669. The van der Waals surface area contributed by atoms with Gasteiger partial charge in [-0.3, -0.25) is 0 Å². The van der Waals surface area contributed by atoms with E-state index in [2.05, 4.69) is 146 Å². The highest BCUT2D eigenvalue weighted by Crippen LogP contribution is 2.63. The molecule has 0 saturated heterocycles. The Morgan fingerprint density at radius 3 is 1.52 bits per heavy atom. The van der Waals surface area contributed by atoms with Gasteiger partial charge in [-0.25, -0.2) is 0 Å². The van der Waals surface area contributed by atoms with Gasteiger partial charge in [-0.05, 0) is 97.1 Å². The molecule has 1 nitrogen and oxygen atoms in total. The molecule has 0 radical (unpaired) electrons. The minimum absolute atomic E-state index is 0.398. The standard InChI is InChI=1S/C43H26O/c1-2-10-27(11-3-1)29-18-21-33-34-22-19-30(28-20-23-42-36(24-28)35-14-6-9-17-41(35)44-42)26-40(34)43(39(33)25-29)37-15-7-4-12-31(37)32-13-5-8-16-38(32)43/h1-26H. The van der Waals surface area contributed by atoms with Crippen molar-refractivity contribution in [3.05, 3.63) is 180 Å². The van der Waals surface area contributed by atoms with E-state index in [1.165, 1.54) is 66.8 Å². The molecule has 1 heterocycles. The second kappa shape index (κ2) is 8.69. The average Bonchev–Trinajstić information content (AvgIpc) is 3.72. The zero-order valence-corrected chi connectivity index (χ0v) is 23.9. The monoisotopic (exact) mass is 558 g/mol. The van der Waals surface area contributed by atoms with Crippen molar-refractivity contribution in [1.29, 1.82) is 0 Å². The van der Waals surface area contributed by atoms with Crippen LogP contribution in [0.4, 0.5) is 0 Å². The van der Waals surface area contributed by atoms with Crippen LogP contribution in [0, 0.1) is 0 Å². The van der Waals surface area contributed by atoms with Crippen LogP contribution in [-0.2, 0) is 5.41 Å². The first kappa shape index (κ1) is 23.9. The Morgan fingerprint density at radius 1 is 0.318 bits per heavy atom. The molecule has 44 heavy (non-hydrogen) atoms. The lowest BCUT2D eigenvalue weighted by atomic mass is 9.70. The van der Waals surface area contributed by atoms with Gasteiger partial charge in [-0.15, -0.1) is 0 Å². The van der Waals surface area contributed by atoms with Gasteiger partial charge in [0.1, 0.15) is 11.2 Å². The zero-order chi connectivity index (χ0) is 28.8. The van der Waals surface area contributed by atoms with Gasteiger partial charge in [0, 0.05) is 10.8 Å². The summed E-state index contributed by atoms with van der Waals surface area (Å²) in [5.74, 6) is 0. The maximum Gasteiger partial charge on any atom is 0.135 e. The van der Waals surface area contributed by atoms with Crippen molar-refractivity contribution in [2.45, 2.75) is 5.41 Å². The minimum atomic E-state index is -0.398. The van der Waals surface area contributed by atoms with E-state index in [1.807, 2.05) is 12.1 Å². The fourth-order valence-corrected chi connectivity index (χ4v) is 8.03. The number of para-hydroxylation sites is 1. The Balaban J connectivity index is 1.27. The number of rotatable bonds is 2. The molecule has 8 aromatic rings. The highest BCUT2D eigenvalue weighted by Gasteiger charge is 2.51. The topological polar surface area (TPSA) is 13.1 Å². The minimum Gasteiger partial charge on any atom is -0.456 e. The molecule has 204 valence electrons. The van der Waals surface area contributed by atoms with E-state index in [4.69, 9.17) is 4.42 Å². The van der Waals surface area contributed by atoms with Crippen molar-refractivity contribution in [2.24, 2.45) is 0 Å². The van der Waals surface area contributed by atoms with Crippen LogP contribution in [0.15, 0.2) is 162 Å². The molecule has 0 unspecified atom stereocenters. The first-order valence-corrected chi connectivity index (χ1v) is 15.3. The smallest absolute Gasteiger partial charge is 0.135 e. The van der Waals surface area contributed by atoms with E-state index in [0.717, 1.165) is 21.9 Å². The molecule has 7 aromatic carbocycles. The fourth-order valence-electron chi connectivity index (χ4n) is 8.03. The van der Waals surface area contributed by atoms with Gasteiger partial charge in [0.05, 0.1) is 5.41 Å². The maximum atomic E-state index is 6.16. The first-order valence-electron chi connectivity index (χ1n) is 15.3. The molecule has 1 spiro atoms. The molecular formula is C43H26O. The third kappa shape index (κ3) is 3.03. The van der Waals surface area contributed by atoms with Gasteiger partial charge >= 0.3 is 0 Å². The van der Waals surface area contributed by atoms with Gasteiger partial charge in [0.15, 0.2) is 0 Å². The van der Waals surface area contributed by atoms with Gasteiger partial charge in [-0.1, -0.05) is 127 Å². The van der Waals surface area contributed by atoms with Crippen LogP contribution in [0.3, 0.4) is 0 Å². The Bertz CT molecular complexity index is 2400. The Hall–Kier alpha value is -5.66. The molecule has 0 atom stereocenters. The van der Waals surface area contributed by atoms with Crippen molar-refractivity contribution in [1.82, 2.24) is 0 Å². The van der Waals surface area contributed by atoms with Crippen molar-refractivity contribution in [2.75, 3.05) is 0 Å². The third-order valence-corrected chi connectivity index (χ3v) is 9.91. The molecule has 0 fully saturated rings. The molecule has 0 bridgehead atoms. The second-order valence-corrected chi connectivity index (χ2v) is 12.0. The lowest BCUT2D eigenvalue weighted by Crippen LogP contribution is -2.26. The van der Waals surface area contributed by atoms with Gasteiger partial charge in [-0.2, -0.15) is 0 Å². The van der Waals surface area contributed by atoms with E-state index >= 15 is 0 Å². The molecule has 0 N–H and O–H groups in total. The molecular weight excluding hydrogens is 532 g/mol. The van der Waals surface area contributed by atoms with Crippen LogP contribution in [0.2, 0.25) is 0 Å². The Kier molecular flexibility index (Phi) is 4.71. The molecule has 0 amide bonds. The molecule has 0 aliphatic heterocycles. The van der Waals surface area contributed by atoms with E-state index in [9.17, 15) is 0 Å². The van der Waals surface area contributed by atoms with Gasteiger partial charge in [0.2, 0.25) is 0 Å². The van der Waals surface area contributed by atoms with Gasteiger partial charge < -0.3 is 4.42 Å². The lowest BCUT2D eigenvalue weighted by Gasteiger charge is -2.31. The summed E-state index contributed by atoms with van der Waals surface area (Å²) >= 11 is 0. The summed E-state index contributed by atoms with van der Waals surface area (Å²) in [6.07, 6.45) is 0. The molecule has 1 heteroatoms. The summed E-state index contributed by atoms with van der Waals surface area (Å²) < 4.78 is 6.16. The fraction of sp³-hybridized carbons (Fsp3) is 0.0233. The quantitative estimate of drug-likeness (QED) is 0.206. The summed E-state index contributed by atoms with van der Waals surface area (Å²) in [5.41, 5.74) is 17.1. The van der Waals surface area contributed by atoms with E-state index < -0.39 is 5.41 Å². The summed E-state index contributed by atoms with van der Waals surface area (Å²) in [6.45, 7) is 0. The Morgan fingerprint density at radius 2 is 0.818 bits per heavy atom. The highest BCUT2D eigenvalue weighted by atomic mass is 16.3. The molecule has 10 rings (SSSR count). The summed E-state index contributed by atoms with van der Waals surface area (Å²) in [7, 11) is 0. The van der Waals surface area contributed by atoms with E-state index in [-0.39, 0.29) is 0 Å². The van der Waals surface area contributed by atoms with Crippen molar-refractivity contribution >= 4 is 21.9 Å². The summed E-state index contributed by atoms with van der Waals surface area (Å²) in [6, 6.07) is 57.9.